The minimum absolute atomic E-state index is 0.138. The van der Waals surface area contributed by atoms with Crippen molar-refractivity contribution in [2.75, 3.05) is 0 Å². The zero-order valence-corrected chi connectivity index (χ0v) is 14.9. The van der Waals surface area contributed by atoms with Crippen molar-refractivity contribution in [3.05, 3.63) is 65.2 Å². The van der Waals surface area contributed by atoms with Gasteiger partial charge in [-0.25, -0.2) is 0 Å². The SMILES string of the molecule is CCc1ccc2cc3c(cc2c1)COc1cc(C(C)(C)C)ccc1-3. The van der Waals surface area contributed by atoms with E-state index in [1.54, 1.807) is 0 Å². The largest absolute Gasteiger partial charge is 0.488 e. The Morgan fingerprint density at radius 1 is 0.875 bits per heavy atom. The molecule has 0 unspecified atom stereocenters. The average Bonchev–Trinajstić information content (AvgIpc) is 2.58. The molecular formula is C23H24O. The second kappa shape index (κ2) is 5.37. The molecule has 1 nitrogen and oxygen atoms in total. The summed E-state index contributed by atoms with van der Waals surface area (Å²) in [4.78, 5) is 0. The Bertz CT molecular complexity index is 929. The highest BCUT2D eigenvalue weighted by atomic mass is 16.5. The maximum absolute atomic E-state index is 6.09. The Labute approximate surface area is 144 Å². The smallest absolute Gasteiger partial charge is 0.127 e. The molecule has 0 aromatic heterocycles. The molecule has 0 saturated carbocycles. The number of benzene rings is 3. The monoisotopic (exact) mass is 316 g/mol. The Balaban J connectivity index is 1.87. The fourth-order valence-electron chi connectivity index (χ4n) is 3.47. The molecule has 0 bridgehead atoms. The van der Waals surface area contributed by atoms with Gasteiger partial charge >= 0.3 is 0 Å². The Hall–Kier alpha value is -2.28. The van der Waals surface area contributed by atoms with Gasteiger partial charge in [0.25, 0.3) is 0 Å². The van der Waals surface area contributed by atoms with E-state index in [4.69, 9.17) is 4.74 Å². The summed E-state index contributed by atoms with van der Waals surface area (Å²) >= 11 is 0. The Morgan fingerprint density at radius 2 is 1.71 bits per heavy atom. The van der Waals surface area contributed by atoms with Crippen LogP contribution in [0.25, 0.3) is 21.9 Å². The topological polar surface area (TPSA) is 9.23 Å². The van der Waals surface area contributed by atoms with Crippen molar-refractivity contribution < 1.29 is 4.74 Å². The maximum Gasteiger partial charge on any atom is 0.127 e. The normalized spacial score (nSPS) is 13.3. The third kappa shape index (κ3) is 2.49. The van der Waals surface area contributed by atoms with Gasteiger partial charge in [-0.15, -0.1) is 0 Å². The zero-order chi connectivity index (χ0) is 16.9. The predicted octanol–water partition coefficient (Wildman–Crippen LogP) is 6.26. The lowest BCUT2D eigenvalue weighted by molar-refractivity contribution is 0.301. The third-order valence-corrected chi connectivity index (χ3v) is 5.06. The van der Waals surface area contributed by atoms with Crippen molar-refractivity contribution >= 4 is 10.8 Å². The van der Waals surface area contributed by atoms with E-state index in [2.05, 4.69) is 76.2 Å². The molecule has 0 aliphatic carbocycles. The fraction of sp³-hybridized carbons (Fsp3) is 0.304. The van der Waals surface area contributed by atoms with Gasteiger partial charge in [-0.2, -0.15) is 0 Å². The van der Waals surface area contributed by atoms with Crippen LogP contribution < -0.4 is 4.74 Å². The zero-order valence-electron chi connectivity index (χ0n) is 14.9. The van der Waals surface area contributed by atoms with Gasteiger partial charge in [-0.3, -0.25) is 0 Å². The van der Waals surface area contributed by atoms with Gasteiger partial charge in [-0.1, -0.05) is 58.0 Å². The first-order valence-electron chi connectivity index (χ1n) is 8.79. The Kier molecular flexibility index (Phi) is 3.42. The summed E-state index contributed by atoms with van der Waals surface area (Å²) in [5.74, 6) is 1.01. The third-order valence-electron chi connectivity index (χ3n) is 5.06. The molecule has 0 fully saturated rings. The highest BCUT2D eigenvalue weighted by Gasteiger charge is 2.21. The molecule has 1 heterocycles. The molecule has 1 heteroatoms. The van der Waals surface area contributed by atoms with Crippen molar-refractivity contribution in [3.63, 3.8) is 0 Å². The first kappa shape index (κ1) is 15.3. The lowest BCUT2D eigenvalue weighted by Gasteiger charge is -2.25. The van der Waals surface area contributed by atoms with Crippen LogP contribution in [0.3, 0.4) is 0 Å². The van der Waals surface area contributed by atoms with Crippen molar-refractivity contribution in [2.24, 2.45) is 0 Å². The van der Waals surface area contributed by atoms with Crippen LogP contribution >= 0.6 is 0 Å². The molecule has 0 spiro atoms. The van der Waals surface area contributed by atoms with Gasteiger partial charge in [0, 0.05) is 5.56 Å². The summed E-state index contributed by atoms with van der Waals surface area (Å²) < 4.78 is 6.09. The van der Waals surface area contributed by atoms with Gasteiger partial charge in [0.2, 0.25) is 0 Å². The van der Waals surface area contributed by atoms with Crippen LogP contribution in [0.15, 0.2) is 48.5 Å². The molecule has 1 aliphatic rings. The quantitative estimate of drug-likeness (QED) is 0.515. The highest BCUT2D eigenvalue weighted by Crippen LogP contribution is 2.41. The van der Waals surface area contributed by atoms with Crippen LogP contribution in [0.1, 0.15) is 44.4 Å². The minimum atomic E-state index is 0.138. The number of aryl methyl sites for hydroxylation is 1. The van der Waals surface area contributed by atoms with E-state index < -0.39 is 0 Å². The molecule has 0 radical (unpaired) electrons. The molecule has 122 valence electrons. The fourth-order valence-corrected chi connectivity index (χ4v) is 3.47. The van der Waals surface area contributed by atoms with Crippen molar-refractivity contribution in [3.8, 4) is 16.9 Å². The summed E-state index contributed by atoms with van der Waals surface area (Å²) in [7, 11) is 0. The standard InChI is InChI=1S/C23H24O/c1-5-15-6-7-16-12-21-18(11-17(16)10-15)14-24-22-13-19(23(2,3)4)8-9-20(21)22/h6-13H,5,14H2,1-4H3. The van der Waals surface area contributed by atoms with Gasteiger partial charge in [0.05, 0.1) is 0 Å². The van der Waals surface area contributed by atoms with Gasteiger partial charge in [-0.05, 0) is 63.1 Å². The number of hydrogen-bond donors (Lipinski definition) is 0. The van der Waals surface area contributed by atoms with Gasteiger partial charge in [0.1, 0.15) is 12.4 Å². The maximum atomic E-state index is 6.09. The number of ether oxygens (including phenoxy) is 1. The summed E-state index contributed by atoms with van der Waals surface area (Å²) in [6.07, 6.45) is 1.07. The Morgan fingerprint density at radius 3 is 2.46 bits per heavy atom. The van der Waals surface area contributed by atoms with Crippen LogP contribution in [0.4, 0.5) is 0 Å². The van der Waals surface area contributed by atoms with Crippen molar-refractivity contribution in [1.82, 2.24) is 0 Å². The number of fused-ring (bicyclic) bond motifs is 4. The molecule has 3 aromatic rings. The second-order valence-corrected chi connectivity index (χ2v) is 7.79. The highest BCUT2D eigenvalue weighted by molar-refractivity contribution is 5.91. The molecule has 0 atom stereocenters. The molecular weight excluding hydrogens is 292 g/mol. The van der Waals surface area contributed by atoms with Crippen LogP contribution in [0.5, 0.6) is 5.75 Å². The minimum Gasteiger partial charge on any atom is -0.488 e. The average molecular weight is 316 g/mol. The number of hydrogen-bond acceptors (Lipinski definition) is 1. The van der Waals surface area contributed by atoms with E-state index >= 15 is 0 Å². The van der Waals surface area contributed by atoms with Gasteiger partial charge < -0.3 is 4.74 Å². The molecule has 4 rings (SSSR count). The van der Waals surface area contributed by atoms with E-state index in [1.807, 2.05) is 0 Å². The first-order valence-corrected chi connectivity index (χ1v) is 8.79. The summed E-state index contributed by atoms with van der Waals surface area (Å²) in [6, 6.07) is 18.1. The van der Waals surface area contributed by atoms with Crippen molar-refractivity contribution in [1.29, 1.82) is 0 Å². The lowest BCUT2D eigenvalue weighted by atomic mass is 9.84. The summed E-state index contributed by atoms with van der Waals surface area (Å²) in [6.45, 7) is 9.58. The van der Waals surface area contributed by atoms with Crippen LogP contribution in [-0.2, 0) is 18.4 Å². The van der Waals surface area contributed by atoms with E-state index in [0.717, 1.165) is 12.2 Å². The lowest BCUT2D eigenvalue weighted by Crippen LogP contribution is -2.13. The van der Waals surface area contributed by atoms with Crippen LogP contribution in [0.2, 0.25) is 0 Å². The van der Waals surface area contributed by atoms with E-state index in [1.165, 1.54) is 38.6 Å². The molecule has 3 aromatic carbocycles. The predicted molar refractivity (Wildman–Crippen MR) is 102 cm³/mol. The van der Waals surface area contributed by atoms with Gasteiger partial charge in [0.15, 0.2) is 0 Å². The molecule has 1 aliphatic heterocycles. The summed E-state index contributed by atoms with van der Waals surface area (Å²) in [5, 5.41) is 2.62. The number of rotatable bonds is 1. The van der Waals surface area contributed by atoms with Crippen molar-refractivity contribution in [2.45, 2.75) is 46.1 Å². The molecule has 0 N–H and O–H groups in total. The second-order valence-electron chi connectivity index (χ2n) is 7.79. The molecule has 24 heavy (non-hydrogen) atoms. The van der Waals surface area contributed by atoms with Crippen LogP contribution in [0, 0.1) is 0 Å². The first-order chi connectivity index (χ1) is 11.5. The van der Waals surface area contributed by atoms with E-state index in [0.29, 0.717) is 6.61 Å². The van der Waals surface area contributed by atoms with Crippen LogP contribution in [-0.4, -0.2) is 0 Å². The molecule has 0 saturated heterocycles. The van der Waals surface area contributed by atoms with E-state index in [-0.39, 0.29) is 5.41 Å². The van der Waals surface area contributed by atoms with E-state index in [9.17, 15) is 0 Å². The molecule has 0 amide bonds. The summed E-state index contributed by atoms with van der Waals surface area (Å²) in [5.41, 5.74) is 6.65.